The van der Waals surface area contributed by atoms with Crippen LogP contribution in [0.5, 0.6) is 0 Å². The summed E-state index contributed by atoms with van der Waals surface area (Å²) in [6.07, 6.45) is -2.88. The Balaban J connectivity index is 2.07. The summed E-state index contributed by atoms with van der Waals surface area (Å²) in [4.78, 5) is 13.0. The van der Waals surface area contributed by atoms with Gasteiger partial charge in [0.1, 0.15) is 6.10 Å². The van der Waals surface area contributed by atoms with Gasteiger partial charge in [0.05, 0.1) is 13.2 Å². The number of benzene rings is 1. The first kappa shape index (κ1) is 13.8. The topological polar surface area (TPSA) is 96.0 Å². The van der Waals surface area contributed by atoms with E-state index in [1.807, 2.05) is 12.1 Å². The quantitative estimate of drug-likeness (QED) is 0.676. The van der Waals surface area contributed by atoms with Crippen molar-refractivity contribution in [2.45, 2.75) is 12.2 Å². The minimum Gasteiger partial charge on any atom is -0.385 e. The van der Waals surface area contributed by atoms with E-state index in [1.54, 1.807) is 12.1 Å². The third-order valence-electron chi connectivity index (χ3n) is 3.20. The van der Waals surface area contributed by atoms with E-state index in [4.69, 9.17) is 10.5 Å². The molecule has 104 valence electrons. The van der Waals surface area contributed by atoms with Crippen LogP contribution in [-0.4, -0.2) is 48.5 Å². The van der Waals surface area contributed by atoms with Crippen LogP contribution in [0.1, 0.15) is 11.7 Å². The Morgan fingerprint density at radius 1 is 1.21 bits per heavy atom. The molecule has 4 N–H and O–H groups in total. The molecule has 1 amide bonds. The van der Waals surface area contributed by atoms with Gasteiger partial charge >= 0.3 is 0 Å². The first-order chi connectivity index (χ1) is 9.09. The van der Waals surface area contributed by atoms with Crippen LogP contribution in [0.4, 0.5) is 5.69 Å². The number of rotatable bonds is 4. The Kier molecular flexibility index (Phi) is 4.36. The number of aliphatic hydroxyl groups excluding tert-OH is 2. The van der Waals surface area contributed by atoms with E-state index in [9.17, 15) is 15.0 Å². The molecule has 0 bridgehead atoms. The fraction of sp³-hybridized carbons (Fsp3) is 0.462. The number of hydrogen-bond acceptors (Lipinski definition) is 5. The maximum Gasteiger partial charge on any atom is 0.249 e. The number of hydrogen-bond donors (Lipinski definition) is 3. The van der Waals surface area contributed by atoms with Gasteiger partial charge in [0.25, 0.3) is 0 Å². The van der Waals surface area contributed by atoms with Gasteiger partial charge in [-0.25, -0.2) is 0 Å². The summed E-state index contributed by atoms with van der Waals surface area (Å²) in [5.41, 5.74) is 6.43. The highest BCUT2D eigenvalue weighted by molar-refractivity contribution is 5.79. The van der Waals surface area contributed by atoms with Crippen LogP contribution in [0.15, 0.2) is 24.3 Å². The molecule has 6 nitrogen and oxygen atoms in total. The lowest BCUT2D eigenvalue weighted by Gasteiger charge is -2.29. The molecule has 2 atom stereocenters. The van der Waals surface area contributed by atoms with Crippen LogP contribution in [0.3, 0.4) is 0 Å². The molecular formula is C13H18N2O4. The molecule has 0 aromatic heterocycles. The average Bonchev–Trinajstić information content (AvgIpc) is 2.46. The molecule has 1 aromatic rings. The van der Waals surface area contributed by atoms with Gasteiger partial charge in [-0.1, -0.05) is 12.1 Å². The number of aliphatic hydroxyl groups is 2. The SMILES string of the molecule is NC(=O)C(O)C(O)c1ccc(N2CCOCC2)cc1. The molecule has 6 heteroatoms. The van der Waals surface area contributed by atoms with Crippen LogP contribution >= 0.6 is 0 Å². The first-order valence-electron chi connectivity index (χ1n) is 6.17. The second-order valence-corrected chi connectivity index (χ2v) is 4.48. The van der Waals surface area contributed by atoms with Crippen molar-refractivity contribution in [1.29, 1.82) is 0 Å². The molecule has 0 saturated carbocycles. The Bertz CT molecular complexity index is 429. The van der Waals surface area contributed by atoms with Crippen molar-refractivity contribution in [2.75, 3.05) is 31.2 Å². The van der Waals surface area contributed by atoms with Gasteiger partial charge in [-0.05, 0) is 17.7 Å². The van der Waals surface area contributed by atoms with Crippen molar-refractivity contribution in [2.24, 2.45) is 5.73 Å². The van der Waals surface area contributed by atoms with E-state index < -0.39 is 18.1 Å². The minimum absolute atomic E-state index is 0.461. The zero-order chi connectivity index (χ0) is 13.8. The zero-order valence-corrected chi connectivity index (χ0v) is 10.5. The lowest BCUT2D eigenvalue weighted by atomic mass is 10.0. The number of nitrogens with two attached hydrogens (primary N) is 1. The Morgan fingerprint density at radius 3 is 2.32 bits per heavy atom. The molecule has 1 saturated heterocycles. The Morgan fingerprint density at radius 2 is 1.79 bits per heavy atom. The molecule has 0 spiro atoms. The summed E-state index contributed by atoms with van der Waals surface area (Å²) < 4.78 is 5.27. The highest BCUT2D eigenvalue weighted by Crippen LogP contribution is 2.22. The van der Waals surface area contributed by atoms with Gasteiger partial charge in [0.2, 0.25) is 5.91 Å². The maximum absolute atomic E-state index is 10.8. The van der Waals surface area contributed by atoms with E-state index >= 15 is 0 Å². The number of morpholine rings is 1. The van der Waals surface area contributed by atoms with Crippen LogP contribution < -0.4 is 10.6 Å². The number of primary amides is 1. The summed E-state index contributed by atoms with van der Waals surface area (Å²) in [6.45, 7) is 3.05. The summed E-state index contributed by atoms with van der Waals surface area (Å²) in [5.74, 6) is -0.940. The second-order valence-electron chi connectivity index (χ2n) is 4.48. The number of carbonyl (C=O) groups excluding carboxylic acids is 1. The molecule has 2 unspecified atom stereocenters. The van der Waals surface area contributed by atoms with E-state index in [0.29, 0.717) is 18.8 Å². The smallest absolute Gasteiger partial charge is 0.249 e. The highest BCUT2D eigenvalue weighted by atomic mass is 16.5. The van der Waals surface area contributed by atoms with Gasteiger partial charge < -0.3 is 25.6 Å². The Labute approximate surface area is 111 Å². The van der Waals surface area contributed by atoms with Gasteiger partial charge in [0.15, 0.2) is 6.10 Å². The number of nitrogens with zero attached hydrogens (tertiary/aromatic N) is 1. The fourth-order valence-corrected chi connectivity index (χ4v) is 2.04. The Hall–Kier alpha value is -1.63. The summed E-state index contributed by atoms with van der Waals surface area (Å²) in [6, 6.07) is 7.05. The molecule has 1 heterocycles. The molecule has 0 aliphatic carbocycles. The van der Waals surface area contributed by atoms with E-state index in [1.165, 1.54) is 0 Å². The van der Waals surface area contributed by atoms with Crippen LogP contribution in [-0.2, 0) is 9.53 Å². The highest BCUT2D eigenvalue weighted by Gasteiger charge is 2.23. The van der Waals surface area contributed by atoms with Crippen molar-refractivity contribution in [1.82, 2.24) is 0 Å². The largest absolute Gasteiger partial charge is 0.385 e. The van der Waals surface area contributed by atoms with Crippen molar-refractivity contribution in [3.63, 3.8) is 0 Å². The third kappa shape index (κ3) is 3.23. The van der Waals surface area contributed by atoms with Crippen molar-refractivity contribution in [3.05, 3.63) is 29.8 Å². The lowest BCUT2D eigenvalue weighted by Crippen LogP contribution is -2.36. The normalized spacial score (nSPS) is 18.9. The second kappa shape index (κ2) is 6.01. The summed E-state index contributed by atoms with van der Waals surface area (Å²) >= 11 is 0. The summed E-state index contributed by atoms with van der Waals surface area (Å²) in [7, 11) is 0. The lowest BCUT2D eigenvalue weighted by molar-refractivity contribution is -0.131. The van der Waals surface area contributed by atoms with Gasteiger partial charge in [-0.3, -0.25) is 4.79 Å². The van der Waals surface area contributed by atoms with Gasteiger partial charge in [0, 0.05) is 18.8 Å². The van der Waals surface area contributed by atoms with Crippen molar-refractivity contribution < 1.29 is 19.7 Å². The number of anilines is 1. The minimum atomic E-state index is -1.59. The monoisotopic (exact) mass is 266 g/mol. The van der Waals surface area contributed by atoms with Gasteiger partial charge in [-0.2, -0.15) is 0 Å². The number of carbonyl (C=O) groups is 1. The fourth-order valence-electron chi connectivity index (χ4n) is 2.04. The van der Waals surface area contributed by atoms with Crippen molar-refractivity contribution in [3.8, 4) is 0 Å². The molecule has 1 fully saturated rings. The van der Waals surface area contributed by atoms with E-state index in [2.05, 4.69) is 4.90 Å². The van der Waals surface area contributed by atoms with Crippen LogP contribution in [0.2, 0.25) is 0 Å². The molecule has 1 aliphatic heterocycles. The van der Waals surface area contributed by atoms with Crippen LogP contribution in [0.25, 0.3) is 0 Å². The van der Waals surface area contributed by atoms with E-state index in [0.717, 1.165) is 18.8 Å². The summed E-state index contributed by atoms with van der Waals surface area (Å²) in [5, 5.41) is 19.2. The average molecular weight is 266 g/mol. The standard InChI is InChI=1S/C13H18N2O4/c14-13(18)12(17)11(16)9-1-3-10(4-2-9)15-5-7-19-8-6-15/h1-4,11-12,16-17H,5-8H2,(H2,14,18). The predicted molar refractivity (Wildman–Crippen MR) is 69.6 cm³/mol. The zero-order valence-electron chi connectivity index (χ0n) is 10.5. The molecule has 2 rings (SSSR count). The van der Waals surface area contributed by atoms with Crippen LogP contribution in [0, 0.1) is 0 Å². The molecule has 19 heavy (non-hydrogen) atoms. The predicted octanol–water partition coefficient (Wildman–Crippen LogP) is -0.597. The van der Waals surface area contributed by atoms with Crippen molar-refractivity contribution >= 4 is 11.6 Å². The molecule has 0 radical (unpaired) electrons. The maximum atomic E-state index is 10.8. The molecular weight excluding hydrogens is 248 g/mol. The molecule has 1 aliphatic rings. The number of amides is 1. The first-order valence-corrected chi connectivity index (χ1v) is 6.17. The number of ether oxygens (including phenoxy) is 1. The molecule has 1 aromatic carbocycles. The van der Waals surface area contributed by atoms with E-state index in [-0.39, 0.29) is 0 Å². The van der Waals surface area contributed by atoms with Gasteiger partial charge in [-0.15, -0.1) is 0 Å². The third-order valence-corrected chi connectivity index (χ3v) is 3.20.